The van der Waals surface area contributed by atoms with Crippen LogP contribution in [0.25, 0.3) is 99.9 Å². The summed E-state index contributed by atoms with van der Waals surface area (Å²) in [5, 5.41) is 6.06. The molecule has 0 unspecified atom stereocenters. The van der Waals surface area contributed by atoms with Crippen LogP contribution in [0.15, 0.2) is 170 Å². The minimum absolute atomic E-state index is 0.00263. The molecule has 0 N–H and O–H groups in total. The molecule has 2 aliphatic heterocycles. The maximum Gasteiger partial charge on any atom is 0.252 e. The zero-order valence-corrected chi connectivity index (χ0v) is 30.4. The van der Waals surface area contributed by atoms with Gasteiger partial charge in [0.1, 0.15) is 16.8 Å². The average Bonchev–Trinajstić information content (AvgIpc) is 4.00. The van der Waals surface area contributed by atoms with Crippen LogP contribution in [-0.2, 0) is 0 Å². The van der Waals surface area contributed by atoms with Crippen molar-refractivity contribution >= 4 is 89.0 Å². The van der Waals surface area contributed by atoms with E-state index in [-0.39, 0.29) is 6.71 Å². The second kappa shape index (κ2) is 10.5. The minimum atomic E-state index is -0.00263. The molecule has 14 rings (SSSR count). The van der Waals surface area contributed by atoms with Crippen molar-refractivity contribution in [3.63, 3.8) is 0 Å². The van der Waals surface area contributed by atoms with Gasteiger partial charge in [-0.2, -0.15) is 0 Å². The molecule has 0 saturated heterocycles. The Morgan fingerprint density at radius 3 is 1.74 bits per heavy atom. The van der Waals surface area contributed by atoms with Crippen molar-refractivity contribution in [3.8, 4) is 34.0 Å². The van der Waals surface area contributed by atoms with Crippen LogP contribution < -0.4 is 16.4 Å². The molecule has 0 fully saturated rings. The van der Waals surface area contributed by atoms with Crippen molar-refractivity contribution in [1.29, 1.82) is 0 Å². The normalized spacial score (nSPS) is 12.9. The number of benzene rings is 6. The summed E-state index contributed by atoms with van der Waals surface area (Å²) in [6, 6.07) is 55.0. The van der Waals surface area contributed by atoms with E-state index in [9.17, 15) is 0 Å². The lowest BCUT2D eigenvalue weighted by molar-refractivity contribution is 1.04. The summed E-state index contributed by atoms with van der Waals surface area (Å²) in [4.78, 5) is 15.0. The third kappa shape index (κ3) is 3.57. The predicted molar refractivity (Wildman–Crippen MR) is 232 cm³/mol. The number of rotatable bonds is 3. The van der Waals surface area contributed by atoms with Gasteiger partial charge in [0.05, 0.1) is 27.6 Å². The lowest BCUT2D eigenvalue weighted by Gasteiger charge is -2.34. The highest BCUT2D eigenvalue weighted by Gasteiger charge is 2.43. The molecule has 262 valence electrons. The second-order valence-corrected chi connectivity index (χ2v) is 15.2. The van der Waals surface area contributed by atoms with E-state index in [4.69, 9.17) is 15.0 Å². The molecular formula is C49H28BN7. The van der Waals surface area contributed by atoms with E-state index in [1.54, 1.807) is 6.20 Å². The third-order valence-corrected chi connectivity index (χ3v) is 12.5. The first-order valence-electron chi connectivity index (χ1n) is 19.4. The molecule has 2 aliphatic rings. The number of nitrogens with zero attached hydrogens (tertiary/aromatic N) is 7. The molecule has 8 heterocycles. The summed E-state index contributed by atoms with van der Waals surface area (Å²) >= 11 is 0. The van der Waals surface area contributed by atoms with Crippen LogP contribution in [0.4, 0.5) is 0 Å². The highest BCUT2D eigenvalue weighted by atomic mass is 15.2. The number of hydrogen-bond donors (Lipinski definition) is 0. The van der Waals surface area contributed by atoms with Gasteiger partial charge in [0.15, 0.2) is 5.65 Å². The largest absolute Gasteiger partial charge is 0.296 e. The molecule has 0 bridgehead atoms. The lowest BCUT2D eigenvalue weighted by Crippen LogP contribution is -2.59. The monoisotopic (exact) mass is 725 g/mol. The van der Waals surface area contributed by atoms with E-state index in [1.165, 1.54) is 60.2 Å². The van der Waals surface area contributed by atoms with E-state index < -0.39 is 0 Å². The van der Waals surface area contributed by atoms with Gasteiger partial charge < -0.3 is 0 Å². The molecule has 8 heteroatoms. The molecule has 7 nitrogen and oxygen atoms in total. The molecule has 0 aliphatic carbocycles. The minimum Gasteiger partial charge on any atom is -0.296 e. The third-order valence-electron chi connectivity index (χ3n) is 12.5. The number of hydrogen-bond acceptors (Lipinski definition) is 3. The smallest absolute Gasteiger partial charge is 0.252 e. The van der Waals surface area contributed by atoms with Gasteiger partial charge in [0.25, 0.3) is 6.71 Å². The molecular weight excluding hydrogens is 697 g/mol. The van der Waals surface area contributed by atoms with Crippen LogP contribution in [0.3, 0.4) is 0 Å². The molecule has 57 heavy (non-hydrogen) atoms. The van der Waals surface area contributed by atoms with E-state index in [2.05, 4.69) is 164 Å². The van der Waals surface area contributed by atoms with Crippen molar-refractivity contribution in [2.24, 2.45) is 0 Å². The fourth-order valence-electron chi connectivity index (χ4n) is 10.4. The Morgan fingerprint density at radius 2 is 1.04 bits per heavy atom. The zero-order chi connectivity index (χ0) is 36.9. The van der Waals surface area contributed by atoms with Crippen LogP contribution in [-0.4, -0.2) is 39.9 Å². The fourth-order valence-corrected chi connectivity index (χ4v) is 10.4. The molecule has 0 atom stereocenters. The number of pyridine rings is 1. The van der Waals surface area contributed by atoms with Crippen LogP contribution in [0.5, 0.6) is 0 Å². The van der Waals surface area contributed by atoms with Crippen molar-refractivity contribution in [2.75, 3.05) is 0 Å². The first kappa shape index (κ1) is 29.6. The summed E-state index contributed by atoms with van der Waals surface area (Å²) in [7, 11) is 0. The summed E-state index contributed by atoms with van der Waals surface area (Å²) in [5.41, 5.74) is 18.0. The highest BCUT2D eigenvalue weighted by Crippen LogP contribution is 2.45. The van der Waals surface area contributed by atoms with Crippen LogP contribution >= 0.6 is 0 Å². The van der Waals surface area contributed by atoms with E-state index in [0.29, 0.717) is 0 Å². The number of aromatic nitrogens is 7. The van der Waals surface area contributed by atoms with Gasteiger partial charge in [-0.05, 0) is 71.0 Å². The summed E-state index contributed by atoms with van der Waals surface area (Å²) in [6.07, 6.45) is 5.51. The summed E-state index contributed by atoms with van der Waals surface area (Å²) in [5.74, 6) is 0. The van der Waals surface area contributed by atoms with Crippen LogP contribution in [0.2, 0.25) is 0 Å². The molecule has 6 aromatic heterocycles. The quantitative estimate of drug-likeness (QED) is 0.171. The Labute approximate surface area is 325 Å². The van der Waals surface area contributed by atoms with Gasteiger partial charge in [-0.15, -0.1) is 0 Å². The molecule has 0 saturated carbocycles. The first-order valence-corrected chi connectivity index (χ1v) is 19.4. The summed E-state index contributed by atoms with van der Waals surface area (Å²) in [6.45, 7) is -0.00263. The van der Waals surface area contributed by atoms with Gasteiger partial charge in [0.2, 0.25) is 0 Å². The Kier molecular flexibility index (Phi) is 5.47. The van der Waals surface area contributed by atoms with Crippen molar-refractivity contribution < 1.29 is 0 Å². The Morgan fingerprint density at radius 1 is 0.439 bits per heavy atom. The summed E-state index contributed by atoms with van der Waals surface area (Å²) < 4.78 is 9.84. The maximum absolute atomic E-state index is 5.03. The van der Waals surface area contributed by atoms with Gasteiger partial charge in [0, 0.05) is 68.4 Å². The van der Waals surface area contributed by atoms with E-state index >= 15 is 0 Å². The number of para-hydroxylation sites is 5. The van der Waals surface area contributed by atoms with Gasteiger partial charge in [-0.3, -0.25) is 28.2 Å². The van der Waals surface area contributed by atoms with Crippen molar-refractivity contribution in [2.45, 2.75) is 0 Å². The average molecular weight is 726 g/mol. The molecule has 12 aromatic rings. The van der Waals surface area contributed by atoms with Crippen LogP contribution in [0, 0.1) is 0 Å². The molecule has 0 radical (unpaired) electrons. The Bertz CT molecular complexity index is 3470. The molecule has 0 spiro atoms. The Balaban J connectivity index is 1.24. The van der Waals surface area contributed by atoms with E-state index in [0.717, 1.165) is 56.2 Å². The molecule has 6 aromatic carbocycles. The highest BCUT2D eigenvalue weighted by molar-refractivity contribution is 7.00. The first-order chi connectivity index (χ1) is 28.3. The van der Waals surface area contributed by atoms with E-state index in [1.807, 2.05) is 18.5 Å². The SMILES string of the molecule is c1ccc(-n2c3ccccc3c3c4cccc5c4n(c32)-c2cc(-c3ccccn3)cc3c2B5c2cccc4c5c6nccnc6n(-c6ccccc6)c5n-3c24)cc1. The Hall–Kier alpha value is -7.71. The maximum atomic E-state index is 5.03. The zero-order valence-electron chi connectivity index (χ0n) is 30.4. The van der Waals surface area contributed by atoms with Crippen LogP contribution in [0.1, 0.15) is 0 Å². The molecule has 0 amide bonds. The number of fused-ring (bicyclic) bond motifs is 14. The lowest BCUT2D eigenvalue weighted by atomic mass is 9.34. The van der Waals surface area contributed by atoms with Gasteiger partial charge in [-0.1, -0.05) is 97.1 Å². The topological polar surface area (TPSA) is 58.4 Å². The van der Waals surface area contributed by atoms with Gasteiger partial charge >= 0.3 is 0 Å². The second-order valence-electron chi connectivity index (χ2n) is 15.2. The fraction of sp³-hybridized carbons (Fsp3) is 0. The van der Waals surface area contributed by atoms with Crippen molar-refractivity contribution in [3.05, 3.63) is 170 Å². The standard InChI is InChI=1S/C49H28BN7/c1-3-13-30(14-4-1)54-38-23-8-7-17-32(38)41-33-18-11-20-35-45(33)56(48(41)54)39-27-29(37-22-9-10-24-51-37)28-40-43(39)50(35)36-21-12-19-34-42-44-47(53-26-25-52-44)55(31-15-5-2-6-16-31)49(42)57(40)46(34)36/h1-28H. The van der Waals surface area contributed by atoms with Crippen molar-refractivity contribution in [1.82, 2.24) is 33.2 Å². The van der Waals surface area contributed by atoms with Gasteiger partial charge in [-0.25, -0.2) is 4.98 Å². The predicted octanol–water partition coefficient (Wildman–Crippen LogP) is 8.76.